The maximum absolute atomic E-state index is 11.5. The molecule has 16 heavy (non-hydrogen) atoms. The molecule has 0 atom stereocenters. The van der Waals surface area contributed by atoms with Gasteiger partial charge in [-0.25, -0.2) is 13.1 Å². The fourth-order valence-corrected chi connectivity index (χ4v) is 2.27. The van der Waals surface area contributed by atoms with E-state index in [0.717, 1.165) is 5.56 Å². The fraction of sp³-hybridized carbons (Fsp3) is 0.364. The highest BCUT2D eigenvalue weighted by atomic mass is 32.2. The molecule has 0 amide bonds. The van der Waals surface area contributed by atoms with Gasteiger partial charge in [0, 0.05) is 18.9 Å². The normalized spacial score (nSPS) is 11.2. The van der Waals surface area contributed by atoms with E-state index in [4.69, 9.17) is 0 Å². The first-order chi connectivity index (χ1) is 7.64. The lowest BCUT2D eigenvalue weighted by Crippen LogP contribution is -2.27. The van der Waals surface area contributed by atoms with Crippen LogP contribution in [-0.4, -0.2) is 25.7 Å². The quantitative estimate of drug-likeness (QED) is 0.574. The molecule has 4 nitrogen and oxygen atoms in total. The van der Waals surface area contributed by atoms with Crippen LogP contribution in [0.3, 0.4) is 0 Å². The largest absolute Gasteiger partial charge is 0.265 e. The summed E-state index contributed by atoms with van der Waals surface area (Å²) < 4.78 is 25.6. The van der Waals surface area contributed by atoms with Crippen molar-refractivity contribution < 1.29 is 8.42 Å². The van der Waals surface area contributed by atoms with Gasteiger partial charge in [-0.15, -0.1) is 6.58 Å². The summed E-state index contributed by atoms with van der Waals surface area (Å²) in [5, 5.41) is 0. The zero-order valence-corrected chi connectivity index (χ0v) is 9.91. The van der Waals surface area contributed by atoms with E-state index >= 15 is 0 Å². The Kier molecular flexibility index (Phi) is 5.14. The minimum atomic E-state index is -3.17. The first-order valence-corrected chi connectivity index (χ1v) is 6.76. The summed E-state index contributed by atoms with van der Waals surface area (Å²) in [4.78, 5) is 3.87. The second-order valence-corrected chi connectivity index (χ2v) is 5.32. The second kappa shape index (κ2) is 6.40. The van der Waals surface area contributed by atoms with Crippen molar-refractivity contribution in [2.75, 3.05) is 12.3 Å². The smallest absolute Gasteiger partial charge is 0.211 e. The van der Waals surface area contributed by atoms with Crippen LogP contribution in [0, 0.1) is 0 Å². The van der Waals surface area contributed by atoms with Crippen LogP contribution < -0.4 is 4.72 Å². The average Bonchev–Trinajstić information content (AvgIpc) is 2.28. The zero-order valence-electron chi connectivity index (χ0n) is 9.09. The Labute approximate surface area is 96.5 Å². The molecule has 0 unspecified atom stereocenters. The van der Waals surface area contributed by atoms with Gasteiger partial charge in [0.2, 0.25) is 10.0 Å². The van der Waals surface area contributed by atoms with Gasteiger partial charge in [-0.1, -0.05) is 6.08 Å². The number of rotatable bonds is 7. The summed E-state index contributed by atoms with van der Waals surface area (Å²) in [7, 11) is -3.17. The third kappa shape index (κ3) is 5.04. The van der Waals surface area contributed by atoms with Crippen LogP contribution in [-0.2, 0) is 16.4 Å². The van der Waals surface area contributed by atoms with Crippen molar-refractivity contribution in [1.82, 2.24) is 9.71 Å². The molecule has 1 rings (SSSR count). The van der Waals surface area contributed by atoms with E-state index in [0.29, 0.717) is 19.4 Å². The number of sulfonamides is 1. The molecule has 1 heterocycles. The van der Waals surface area contributed by atoms with E-state index in [1.54, 1.807) is 18.5 Å². The van der Waals surface area contributed by atoms with E-state index in [1.165, 1.54) is 0 Å². The number of nitrogens with one attached hydrogen (secondary N) is 1. The van der Waals surface area contributed by atoms with Crippen molar-refractivity contribution in [2.24, 2.45) is 0 Å². The molecule has 0 saturated heterocycles. The zero-order chi connectivity index (χ0) is 11.9. The molecule has 0 saturated carbocycles. The number of aromatic nitrogens is 1. The highest BCUT2D eigenvalue weighted by Gasteiger charge is 2.08. The van der Waals surface area contributed by atoms with Crippen molar-refractivity contribution in [3.8, 4) is 0 Å². The molecule has 0 aromatic carbocycles. The Bertz CT molecular complexity index is 415. The maximum atomic E-state index is 11.5. The van der Waals surface area contributed by atoms with Crippen LogP contribution in [0.25, 0.3) is 0 Å². The lowest BCUT2D eigenvalue weighted by atomic mass is 10.2. The average molecular weight is 240 g/mol. The van der Waals surface area contributed by atoms with Crippen molar-refractivity contribution in [2.45, 2.75) is 12.8 Å². The molecule has 5 heteroatoms. The Balaban J connectivity index is 2.39. The van der Waals surface area contributed by atoms with Gasteiger partial charge in [0.25, 0.3) is 0 Å². The third-order valence-electron chi connectivity index (χ3n) is 2.08. The van der Waals surface area contributed by atoms with Gasteiger partial charge in [0.1, 0.15) is 0 Å². The highest BCUT2D eigenvalue weighted by Crippen LogP contribution is 1.99. The van der Waals surface area contributed by atoms with Crippen LogP contribution in [0.2, 0.25) is 0 Å². The van der Waals surface area contributed by atoms with Crippen LogP contribution in [0.15, 0.2) is 37.2 Å². The number of pyridine rings is 1. The molecule has 0 fully saturated rings. The predicted octanol–water partition coefficient (Wildman–Crippen LogP) is 1.12. The topological polar surface area (TPSA) is 59.1 Å². The first-order valence-electron chi connectivity index (χ1n) is 5.11. The van der Waals surface area contributed by atoms with Gasteiger partial charge < -0.3 is 0 Å². The van der Waals surface area contributed by atoms with E-state index in [2.05, 4.69) is 16.3 Å². The lowest BCUT2D eigenvalue weighted by Gasteiger charge is -2.05. The Morgan fingerprint density at radius 2 is 2.06 bits per heavy atom. The summed E-state index contributed by atoms with van der Waals surface area (Å²) in [5.74, 6) is 0.105. The van der Waals surface area contributed by atoms with Crippen molar-refractivity contribution in [3.63, 3.8) is 0 Å². The third-order valence-corrected chi connectivity index (χ3v) is 3.46. The first kappa shape index (κ1) is 12.9. The van der Waals surface area contributed by atoms with Crippen LogP contribution in [0.1, 0.15) is 12.0 Å². The summed E-state index contributed by atoms with van der Waals surface area (Å²) in [6, 6.07) is 3.64. The number of nitrogens with zero attached hydrogens (tertiary/aromatic N) is 1. The second-order valence-electron chi connectivity index (χ2n) is 3.40. The van der Waals surface area contributed by atoms with Gasteiger partial charge in [-0.05, 0) is 30.5 Å². The molecule has 0 bridgehead atoms. The number of hydrogen-bond acceptors (Lipinski definition) is 3. The summed E-state index contributed by atoms with van der Waals surface area (Å²) in [6.07, 6.45) is 6.16. The summed E-state index contributed by atoms with van der Waals surface area (Å²) in [5.41, 5.74) is 0.976. The van der Waals surface area contributed by atoms with E-state index in [9.17, 15) is 8.42 Å². The van der Waals surface area contributed by atoms with E-state index < -0.39 is 10.0 Å². The molecule has 0 aliphatic carbocycles. The molecule has 1 aromatic rings. The Morgan fingerprint density at radius 3 is 2.69 bits per heavy atom. The lowest BCUT2D eigenvalue weighted by molar-refractivity contribution is 0.581. The summed E-state index contributed by atoms with van der Waals surface area (Å²) >= 11 is 0. The molecule has 0 spiro atoms. The van der Waals surface area contributed by atoms with Gasteiger partial charge in [-0.2, -0.15) is 0 Å². The predicted molar refractivity (Wildman–Crippen MR) is 64.5 cm³/mol. The van der Waals surface area contributed by atoms with E-state index in [1.807, 2.05) is 12.1 Å². The van der Waals surface area contributed by atoms with Gasteiger partial charge in [0.15, 0.2) is 0 Å². The summed E-state index contributed by atoms with van der Waals surface area (Å²) in [6.45, 7) is 3.95. The molecule has 0 aliphatic rings. The number of hydrogen-bond donors (Lipinski definition) is 1. The number of aryl methyl sites for hydroxylation is 1. The van der Waals surface area contributed by atoms with Crippen molar-refractivity contribution in [3.05, 3.63) is 42.7 Å². The highest BCUT2D eigenvalue weighted by molar-refractivity contribution is 7.89. The maximum Gasteiger partial charge on any atom is 0.211 e. The Hall–Kier alpha value is -1.20. The SMILES string of the molecule is C=CCCNS(=O)(=O)CCc1ccncc1. The fourth-order valence-electron chi connectivity index (χ4n) is 1.19. The molecule has 1 N–H and O–H groups in total. The van der Waals surface area contributed by atoms with Crippen molar-refractivity contribution >= 4 is 10.0 Å². The molecule has 88 valence electrons. The van der Waals surface area contributed by atoms with Crippen LogP contribution >= 0.6 is 0 Å². The van der Waals surface area contributed by atoms with Crippen molar-refractivity contribution in [1.29, 1.82) is 0 Å². The van der Waals surface area contributed by atoms with E-state index in [-0.39, 0.29) is 5.75 Å². The standard InChI is InChI=1S/C11H16N2O2S/c1-2-3-7-13-16(14,15)10-6-11-4-8-12-9-5-11/h2,4-5,8-9,13H,1,3,6-7,10H2. The van der Waals surface area contributed by atoms with Gasteiger partial charge in [-0.3, -0.25) is 4.98 Å². The van der Waals surface area contributed by atoms with Gasteiger partial charge >= 0.3 is 0 Å². The monoisotopic (exact) mass is 240 g/mol. The minimum absolute atomic E-state index is 0.105. The van der Waals surface area contributed by atoms with Crippen LogP contribution in [0.4, 0.5) is 0 Å². The molecule has 0 aliphatic heterocycles. The Morgan fingerprint density at radius 1 is 1.38 bits per heavy atom. The molecule has 1 aromatic heterocycles. The van der Waals surface area contributed by atoms with Gasteiger partial charge in [0.05, 0.1) is 5.75 Å². The minimum Gasteiger partial charge on any atom is -0.265 e. The molecule has 0 radical (unpaired) electrons. The van der Waals surface area contributed by atoms with Crippen LogP contribution in [0.5, 0.6) is 0 Å². The molecular weight excluding hydrogens is 224 g/mol. The molecular formula is C11H16N2O2S.